The first-order valence-electron chi connectivity index (χ1n) is 5.42. The normalized spacial score (nSPS) is 10.9. The molecule has 0 unspecified atom stereocenters. The van der Waals surface area contributed by atoms with E-state index in [1.807, 2.05) is 24.3 Å². The molecule has 1 aromatic carbocycles. The predicted octanol–water partition coefficient (Wildman–Crippen LogP) is 2.52. The molecule has 0 saturated carbocycles. The fourth-order valence-corrected chi connectivity index (χ4v) is 1.83. The summed E-state index contributed by atoms with van der Waals surface area (Å²) in [5.74, 6) is 1.25. The Kier molecular flexibility index (Phi) is 2.08. The Morgan fingerprint density at radius 2 is 2.00 bits per heavy atom. The number of imidazole rings is 1. The van der Waals surface area contributed by atoms with Gasteiger partial charge in [0.05, 0.1) is 11.0 Å². The summed E-state index contributed by atoms with van der Waals surface area (Å²) in [7, 11) is 0. The van der Waals surface area contributed by atoms with Crippen LogP contribution in [0.3, 0.4) is 0 Å². The van der Waals surface area contributed by atoms with E-state index in [1.54, 1.807) is 6.07 Å². The van der Waals surface area contributed by atoms with Gasteiger partial charge in [0.2, 0.25) is 0 Å². The Balaban J connectivity index is 2.18. The molecular formula is C13H12N4. The van der Waals surface area contributed by atoms with Crippen molar-refractivity contribution in [3.05, 3.63) is 42.0 Å². The third-order valence-electron chi connectivity index (χ3n) is 2.65. The molecule has 0 bridgehead atoms. The van der Waals surface area contributed by atoms with Gasteiger partial charge in [-0.1, -0.05) is 12.1 Å². The van der Waals surface area contributed by atoms with E-state index in [9.17, 15) is 0 Å². The maximum atomic E-state index is 5.66. The number of hydrogen-bond donors (Lipinski definition) is 2. The van der Waals surface area contributed by atoms with Crippen LogP contribution in [0.25, 0.3) is 22.6 Å². The highest BCUT2D eigenvalue weighted by molar-refractivity contribution is 5.79. The number of nitrogens with one attached hydrogen (secondary N) is 1. The first-order valence-corrected chi connectivity index (χ1v) is 5.42. The maximum absolute atomic E-state index is 5.66. The van der Waals surface area contributed by atoms with Gasteiger partial charge < -0.3 is 10.7 Å². The Hall–Kier alpha value is -2.36. The topological polar surface area (TPSA) is 67.6 Å². The molecule has 3 aromatic rings. The van der Waals surface area contributed by atoms with Crippen LogP contribution >= 0.6 is 0 Å². The number of benzene rings is 1. The summed E-state index contributed by atoms with van der Waals surface area (Å²) in [6.07, 6.45) is 0. The lowest BCUT2D eigenvalue weighted by atomic mass is 10.2. The molecule has 4 heteroatoms. The number of aromatic amines is 1. The molecule has 0 aliphatic carbocycles. The second-order valence-corrected chi connectivity index (χ2v) is 4.05. The molecule has 0 aliphatic rings. The average molecular weight is 224 g/mol. The van der Waals surface area contributed by atoms with Gasteiger partial charge in [-0.15, -0.1) is 0 Å². The molecule has 0 amide bonds. The molecule has 0 aliphatic heterocycles. The van der Waals surface area contributed by atoms with Gasteiger partial charge in [-0.05, 0) is 36.8 Å². The highest BCUT2D eigenvalue weighted by atomic mass is 15.0. The number of pyridine rings is 1. The third-order valence-corrected chi connectivity index (χ3v) is 2.65. The summed E-state index contributed by atoms with van der Waals surface area (Å²) >= 11 is 0. The number of hydrogen-bond acceptors (Lipinski definition) is 3. The minimum atomic E-state index is 0.499. The zero-order chi connectivity index (χ0) is 11.8. The number of nitrogens with zero attached hydrogens (tertiary/aromatic N) is 2. The number of nitrogens with two attached hydrogens (primary N) is 1. The second-order valence-electron chi connectivity index (χ2n) is 4.05. The SMILES string of the molecule is Cc1ccc2nc(-c3cccc(N)n3)[nH]c2c1. The van der Waals surface area contributed by atoms with Gasteiger partial charge in [0.1, 0.15) is 11.5 Å². The standard InChI is InChI=1S/C13H12N4/c1-8-5-6-9-11(7-8)17-13(16-9)10-3-2-4-12(14)15-10/h2-7H,1H3,(H2,14,15)(H,16,17). The molecule has 0 atom stereocenters. The Labute approximate surface area is 98.5 Å². The molecule has 84 valence electrons. The monoisotopic (exact) mass is 224 g/mol. The van der Waals surface area contributed by atoms with Crippen molar-refractivity contribution in [3.8, 4) is 11.5 Å². The largest absolute Gasteiger partial charge is 0.384 e. The van der Waals surface area contributed by atoms with E-state index in [0.717, 1.165) is 22.6 Å². The number of aromatic nitrogens is 3. The van der Waals surface area contributed by atoms with Gasteiger partial charge in [0.25, 0.3) is 0 Å². The van der Waals surface area contributed by atoms with Crippen LogP contribution in [0.4, 0.5) is 5.82 Å². The van der Waals surface area contributed by atoms with Crippen molar-refractivity contribution in [2.75, 3.05) is 5.73 Å². The maximum Gasteiger partial charge on any atom is 0.157 e. The molecule has 3 N–H and O–H groups in total. The highest BCUT2D eigenvalue weighted by Crippen LogP contribution is 2.20. The van der Waals surface area contributed by atoms with Crippen molar-refractivity contribution in [2.45, 2.75) is 6.92 Å². The summed E-state index contributed by atoms with van der Waals surface area (Å²) in [4.78, 5) is 12.0. The van der Waals surface area contributed by atoms with Crippen LogP contribution in [0.2, 0.25) is 0 Å². The quantitative estimate of drug-likeness (QED) is 0.667. The van der Waals surface area contributed by atoms with Crippen LogP contribution in [-0.2, 0) is 0 Å². The van der Waals surface area contributed by atoms with Crippen molar-refractivity contribution in [1.82, 2.24) is 15.0 Å². The van der Waals surface area contributed by atoms with Crippen LogP contribution in [-0.4, -0.2) is 15.0 Å². The van der Waals surface area contributed by atoms with E-state index in [4.69, 9.17) is 5.73 Å². The van der Waals surface area contributed by atoms with Crippen LogP contribution in [0.15, 0.2) is 36.4 Å². The van der Waals surface area contributed by atoms with Crippen LogP contribution in [0.5, 0.6) is 0 Å². The lowest BCUT2D eigenvalue weighted by Crippen LogP contribution is -1.92. The minimum Gasteiger partial charge on any atom is -0.384 e. The lowest BCUT2D eigenvalue weighted by Gasteiger charge is -1.96. The van der Waals surface area contributed by atoms with Crippen molar-refractivity contribution in [2.24, 2.45) is 0 Å². The smallest absolute Gasteiger partial charge is 0.157 e. The molecule has 2 heterocycles. The lowest BCUT2D eigenvalue weighted by molar-refractivity contribution is 1.24. The van der Waals surface area contributed by atoms with E-state index in [1.165, 1.54) is 5.56 Å². The number of anilines is 1. The summed E-state index contributed by atoms with van der Waals surface area (Å²) < 4.78 is 0. The fourth-order valence-electron chi connectivity index (χ4n) is 1.83. The van der Waals surface area contributed by atoms with Crippen LogP contribution in [0.1, 0.15) is 5.56 Å². The van der Waals surface area contributed by atoms with Gasteiger partial charge in [0, 0.05) is 0 Å². The molecule has 3 rings (SSSR count). The van der Waals surface area contributed by atoms with E-state index < -0.39 is 0 Å². The van der Waals surface area contributed by atoms with Gasteiger partial charge >= 0.3 is 0 Å². The van der Waals surface area contributed by atoms with Crippen molar-refractivity contribution in [3.63, 3.8) is 0 Å². The Morgan fingerprint density at radius 3 is 2.82 bits per heavy atom. The Morgan fingerprint density at radius 1 is 1.12 bits per heavy atom. The predicted molar refractivity (Wildman–Crippen MR) is 68.5 cm³/mol. The Bertz CT molecular complexity index is 685. The van der Waals surface area contributed by atoms with E-state index in [-0.39, 0.29) is 0 Å². The first kappa shape index (κ1) is 9.84. The molecule has 0 radical (unpaired) electrons. The summed E-state index contributed by atoms with van der Waals surface area (Å²) in [6, 6.07) is 11.6. The molecular weight excluding hydrogens is 212 g/mol. The van der Waals surface area contributed by atoms with Gasteiger partial charge in [-0.3, -0.25) is 0 Å². The summed E-state index contributed by atoms with van der Waals surface area (Å²) in [6.45, 7) is 2.05. The first-order chi connectivity index (χ1) is 8.22. The van der Waals surface area contributed by atoms with E-state index in [0.29, 0.717) is 5.82 Å². The third kappa shape index (κ3) is 1.73. The number of H-pyrrole nitrogens is 1. The number of nitrogen functional groups attached to an aromatic ring is 1. The number of rotatable bonds is 1. The minimum absolute atomic E-state index is 0.499. The van der Waals surface area contributed by atoms with Gasteiger partial charge in [-0.2, -0.15) is 0 Å². The zero-order valence-corrected chi connectivity index (χ0v) is 9.44. The fraction of sp³-hybridized carbons (Fsp3) is 0.0769. The van der Waals surface area contributed by atoms with Crippen molar-refractivity contribution < 1.29 is 0 Å². The van der Waals surface area contributed by atoms with Crippen molar-refractivity contribution >= 4 is 16.9 Å². The summed E-state index contributed by atoms with van der Waals surface area (Å²) in [5, 5.41) is 0. The summed E-state index contributed by atoms with van der Waals surface area (Å²) in [5.41, 5.74) is 9.58. The molecule has 0 spiro atoms. The zero-order valence-electron chi connectivity index (χ0n) is 9.44. The molecule has 0 fully saturated rings. The molecule has 4 nitrogen and oxygen atoms in total. The van der Waals surface area contributed by atoms with Gasteiger partial charge in [-0.25, -0.2) is 9.97 Å². The average Bonchev–Trinajstić information content (AvgIpc) is 2.72. The van der Waals surface area contributed by atoms with Crippen LogP contribution in [0, 0.1) is 6.92 Å². The van der Waals surface area contributed by atoms with Crippen molar-refractivity contribution in [1.29, 1.82) is 0 Å². The molecule has 0 saturated heterocycles. The van der Waals surface area contributed by atoms with E-state index in [2.05, 4.69) is 27.9 Å². The highest BCUT2D eigenvalue weighted by Gasteiger charge is 2.06. The van der Waals surface area contributed by atoms with Crippen LogP contribution < -0.4 is 5.73 Å². The second kappa shape index (κ2) is 3.59. The van der Waals surface area contributed by atoms with Gasteiger partial charge in [0.15, 0.2) is 5.82 Å². The molecule has 17 heavy (non-hydrogen) atoms. The number of fused-ring (bicyclic) bond motifs is 1. The molecule has 2 aromatic heterocycles. The van der Waals surface area contributed by atoms with E-state index >= 15 is 0 Å². The number of aryl methyl sites for hydroxylation is 1.